The van der Waals surface area contributed by atoms with Crippen LogP contribution in [0.3, 0.4) is 0 Å². The summed E-state index contributed by atoms with van der Waals surface area (Å²) in [6.07, 6.45) is 0.514. The molecule has 1 fully saturated rings. The number of methoxy groups -OCH3 is 2. The quantitative estimate of drug-likeness (QED) is 0.335. The van der Waals surface area contributed by atoms with Crippen molar-refractivity contribution >= 4 is 17.4 Å². The molecule has 1 heterocycles. The number of nitrogens with zero attached hydrogens (tertiary/aromatic N) is 1. The van der Waals surface area contributed by atoms with Crippen molar-refractivity contribution in [2.24, 2.45) is 0 Å². The molecule has 1 N–H and O–H groups in total. The van der Waals surface area contributed by atoms with Crippen LogP contribution in [0.2, 0.25) is 0 Å². The molecule has 0 saturated carbocycles. The molecule has 0 spiro atoms. The third-order valence-electron chi connectivity index (χ3n) is 4.82. The van der Waals surface area contributed by atoms with Gasteiger partial charge in [0.1, 0.15) is 17.3 Å². The number of aliphatic hydroxyl groups excluding tert-OH is 1. The largest absolute Gasteiger partial charge is 0.507 e. The first-order chi connectivity index (χ1) is 14.0. The number of hydrogen-bond acceptors (Lipinski definition) is 5. The summed E-state index contributed by atoms with van der Waals surface area (Å²) in [6, 6.07) is 11.3. The van der Waals surface area contributed by atoms with Gasteiger partial charge in [0.25, 0.3) is 11.7 Å². The number of likely N-dealkylation sites (tertiary alicyclic amines) is 1. The summed E-state index contributed by atoms with van der Waals surface area (Å²) in [5.41, 5.74) is 0.853. The number of aliphatic hydroxyl groups is 1. The second kappa shape index (κ2) is 8.87. The van der Waals surface area contributed by atoms with Gasteiger partial charge in [0.15, 0.2) is 0 Å². The lowest BCUT2D eigenvalue weighted by Gasteiger charge is -2.25. The molecular weight excluding hydrogens is 377 g/mol. The molecule has 2 aromatic rings. The average molecular weight is 399 g/mol. The maximum atomic E-state index is 13.4. The Labute approximate surface area is 168 Å². The van der Waals surface area contributed by atoms with E-state index in [4.69, 9.17) is 9.47 Å². The van der Waals surface area contributed by atoms with Gasteiger partial charge in [-0.15, -0.1) is 0 Å². The fourth-order valence-electron chi connectivity index (χ4n) is 3.41. The van der Waals surface area contributed by atoms with Crippen LogP contribution >= 0.6 is 0 Å². The lowest BCUT2D eigenvalue weighted by molar-refractivity contribution is -0.140. The normalized spacial score (nSPS) is 18.3. The molecule has 0 aromatic heterocycles. The topological polar surface area (TPSA) is 76.1 Å². The molecule has 0 bridgehead atoms. The summed E-state index contributed by atoms with van der Waals surface area (Å²) in [6.45, 7) is 0.671. The highest BCUT2D eigenvalue weighted by molar-refractivity contribution is 6.46. The first kappa shape index (κ1) is 20.5. The number of ether oxygens (including phenoxy) is 2. The monoisotopic (exact) mass is 399 g/mol. The van der Waals surface area contributed by atoms with Gasteiger partial charge in [0, 0.05) is 25.8 Å². The molecule has 1 amide bonds. The zero-order chi connectivity index (χ0) is 21.0. The molecule has 1 saturated heterocycles. The van der Waals surface area contributed by atoms with Crippen LogP contribution < -0.4 is 4.74 Å². The molecule has 0 aliphatic carbocycles. The summed E-state index contributed by atoms with van der Waals surface area (Å²) < 4.78 is 23.7. The van der Waals surface area contributed by atoms with E-state index in [9.17, 15) is 19.1 Å². The van der Waals surface area contributed by atoms with Gasteiger partial charge in [-0.05, 0) is 36.2 Å². The van der Waals surface area contributed by atoms with E-state index in [1.807, 2.05) is 0 Å². The van der Waals surface area contributed by atoms with Crippen LogP contribution in [0.4, 0.5) is 4.39 Å². The minimum Gasteiger partial charge on any atom is -0.507 e. The molecular formula is C22H22FNO5. The van der Waals surface area contributed by atoms with E-state index in [0.717, 1.165) is 0 Å². The Hall–Kier alpha value is -3.19. The number of hydrogen-bond donors (Lipinski definition) is 1. The van der Waals surface area contributed by atoms with Crippen molar-refractivity contribution in [3.05, 3.63) is 71.0 Å². The maximum Gasteiger partial charge on any atom is 0.295 e. The van der Waals surface area contributed by atoms with E-state index in [1.165, 1.54) is 36.3 Å². The van der Waals surface area contributed by atoms with Crippen LogP contribution in [0.25, 0.3) is 5.76 Å². The average Bonchev–Trinajstić information content (AvgIpc) is 2.99. The summed E-state index contributed by atoms with van der Waals surface area (Å²) in [5, 5.41) is 10.9. The maximum absolute atomic E-state index is 13.4. The fourth-order valence-corrected chi connectivity index (χ4v) is 3.41. The van der Waals surface area contributed by atoms with E-state index in [-0.39, 0.29) is 17.9 Å². The lowest BCUT2D eigenvalue weighted by atomic mass is 9.95. The third-order valence-corrected chi connectivity index (χ3v) is 4.82. The summed E-state index contributed by atoms with van der Waals surface area (Å²) in [7, 11) is 3.04. The van der Waals surface area contributed by atoms with Crippen LogP contribution in [-0.2, 0) is 14.3 Å². The van der Waals surface area contributed by atoms with Crippen molar-refractivity contribution in [2.75, 3.05) is 27.4 Å². The second-order valence-corrected chi connectivity index (χ2v) is 6.62. The molecule has 3 rings (SSSR count). The molecule has 29 heavy (non-hydrogen) atoms. The molecule has 152 valence electrons. The Bertz CT molecular complexity index is 938. The van der Waals surface area contributed by atoms with Crippen molar-refractivity contribution in [1.82, 2.24) is 4.90 Å². The van der Waals surface area contributed by atoms with Crippen LogP contribution in [-0.4, -0.2) is 49.1 Å². The molecule has 2 aromatic carbocycles. The van der Waals surface area contributed by atoms with Crippen LogP contribution in [0, 0.1) is 5.82 Å². The molecule has 6 nitrogen and oxygen atoms in total. The van der Waals surface area contributed by atoms with E-state index >= 15 is 0 Å². The van der Waals surface area contributed by atoms with Crippen molar-refractivity contribution < 1.29 is 28.6 Å². The number of rotatable bonds is 7. The summed E-state index contributed by atoms with van der Waals surface area (Å²) in [5.74, 6) is -1.72. The van der Waals surface area contributed by atoms with Gasteiger partial charge < -0.3 is 19.5 Å². The van der Waals surface area contributed by atoms with E-state index in [1.54, 1.807) is 31.4 Å². The minimum absolute atomic E-state index is 0.0349. The first-order valence-corrected chi connectivity index (χ1v) is 9.15. The molecule has 1 aliphatic heterocycles. The molecule has 0 radical (unpaired) electrons. The van der Waals surface area contributed by atoms with Crippen LogP contribution in [0.5, 0.6) is 5.75 Å². The Morgan fingerprint density at radius 2 is 1.86 bits per heavy atom. The zero-order valence-electron chi connectivity index (χ0n) is 16.2. The molecule has 1 aliphatic rings. The number of halogens is 1. The van der Waals surface area contributed by atoms with Crippen molar-refractivity contribution in [1.29, 1.82) is 0 Å². The Kier molecular flexibility index (Phi) is 6.29. The van der Waals surface area contributed by atoms with Crippen molar-refractivity contribution in [2.45, 2.75) is 12.5 Å². The Morgan fingerprint density at radius 1 is 1.14 bits per heavy atom. The molecule has 1 unspecified atom stereocenters. The first-order valence-electron chi connectivity index (χ1n) is 9.15. The summed E-state index contributed by atoms with van der Waals surface area (Å²) in [4.78, 5) is 26.9. The Balaban J connectivity index is 2.12. The van der Waals surface area contributed by atoms with Gasteiger partial charge in [0.2, 0.25) is 0 Å². The number of carbonyl (C=O) groups is 2. The van der Waals surface area contributed by atoms with E-state index < -0.39 is 23.5 Å². The highest BCUT2D eigenvalue weighted by Gasteiger charge is 2.45. The third kappa shape index (κ3) is 4.14. The standard InChI is InChI=1S/C22H22FNO5/c1-28-12-4-11-24-19(14-7-9-16(23)10-8-14)18(21(26)22(24)27)20(25)15-5-3-6-17(13-15)29-2/h3,5-10,13,19,25H,4,11-12H2,1-2H3. The van der Waals surface area contributed by atoms with Gasteiger partial charge in [-0.3, -0.25) is 9.59 Å². The fraction of sp³-hybridized carbons (Fsp3) is 0.273. The highest BCUT2D eigenvalue weighted by atomic mass is 19.1. The number of ketones is 1. The van der Waals surface area contributed by atoms with Gasteiger partial charge in [-0.25, -0.2) is 4.39 Å². The predicted octanol–water partition coefficient (Wildman–Crippen LogP) is 3.29. The van der Waals surface area contributed by atoms with Gasteiger partial charge in [-0.2, -0.15) is 0 Å². The second-order valence-electron chi connectivity index (χ2n) is 6.62. The minimum atomic E-state index is -0.821. The number of carbonyl (C=O) groups excluding carboxylic acids is 2. The zero-order valence-corrected chi connectivity index (χ0v) is 16.2. The predicted molar refractivity (Wildman–Crippen MR) is 105 cm³/mol. The van der Waals surface area contributed by atoms with E-state index in [2.05, 4.69) is 0 Å². The van der Waals surface area contributed by atoms with Crippen LogP contribution in [0.15, 0.2) is 54.1 Å². The van der Waals surface area contributed by atoms with Gasteiger partial charge in [-0.1, -0.05) is 24.3 Å². The summed E-state index contributed by atoms with van der Waals surface area (Å²) >= 11 is 0. The smallest absolute Gasteiger partial charge is 0.295 e. The number of benzene rings is 2. The van der Waals surface area contributed by atoms with Crippen molar-refractivity contribution in [3.63, 3.8) is 0 Å². The van der Waals surface area contributed by atoms with Gasteiger partial charge >= 0.3 is 0 Å². The van der Waals surface area contributed by atoms with Gasteiger partial charge in [0.05, 0.1) is 18.7 Å². The highest BCUT2D eigenvalue weighted by Crippen LogP contribution is 2.39. The van der Waals surface area contributed by atoms with Crippen molar-refractivity contribution in [3.8, 4) is 5.75 Å². The number of Topliss-reactive ketones (excluding diaryl/α,β-unsaturated/α-hetero) is 1. The Morgan fingerprint density at radius 3 is 2.52 bits per heavy atom. The lowest BCUT2D eigenvalue weighted by Crippen LogP contribution is -2.31. The molecule has 1 atom stereocenters. The number of amides is 1. The SMILES string of the molecule is COCCCN1C(=O)C(=O)C(=C(O)c2cccc(OC)c2)C1c1ccc(F)cc1. The van der Waals surface area contributed by atoms with Crippen LogP contribution in [0.1, 0.15) is 23.6 Å². The molecule has 7 heteroatoms. The van der Waals surface area contributed by atoms with E-state index in [0.29, 0.717) is 29.9 Å².